The number of hydrogen-bond acceptors (Lipinski definition) is 2. The number of nitrogens with two attached hydrogens (primary N) is 1. The van der Waals surface area contributed by atoms with Gasteiger partial charge in [-0.2, -0.15) is 8.78 Å². The van der Waals surface area contributed by atoms with Crippen LogP contribution in [0, 0.1) is 5.82 Å². The van der Waals surface area contributed by atoms with Crippen molar-refractivity contribution in [1.82, 2.24) is 0 Å². The molecule has 0 fully saturated rings. The molecule has 0 heterocycles. The van der Waals surface area contributed by atoms with Crippen LogP contribution in [0.2, 0.25) is 0 Å². The van der Waals surface area contributed by atoms with Crippen molar-refractivity contribution in [3.63, 3.8) is 0 Å². The molecule has 0 saturated carbocycles. The SMILES string of the molecule is CC(N)c1ccc(F)cc1OC(F)F. The van der Waals surface area contributed by atoms with Crippen molar-refractivity contribution >= 4 is 0 Å². The summed E-state index contributed by atoms with van der Waals surface area (Å²) in [4.78, 5) is 0. The molecule has 0 spiro atoms. The van der Waals surface area contributed by atoms with E-state index in [0.29, 0.717) is 5.56 Å². The van der Waals surface area contributed by atoms with Crippen molar-refractivity contribution in [3.8, 4) is 5.75 Å². The minimum Gasteiger partial charge on any atom is -0.434 e. The minimum absolute atomic E-state index is 0.213. The molecule has 0 saturated heterocycles. The maximum atomic E-state index is 12.7. The average Bonchev–Trinajstić information content (AvgIpc) is 2.01. The van der Waals surface area contributed by atoms with Crippen LogP contribution in [-0.4, -0.2) is 6.61 Å². The summed E-state index contributed by atoms with van der Waals surface area (Å²) in [5.74, 6) is -0.847. The van der Waals surface area contributed by atoms with E-state index < -0.39 is 18.5 Å². The van der Waals surface area contributed by atoms with E-state index in [1.807, 2.05) is 0 Å². The molecule has 1 aromatic carbocycles. The van der Waals surface area contributed by atoms with Crippen LogP contribution in [0.25, 0.3) is 0 Å². The molecular formula is C9H10F3NO. The van der Waals surface area contributed by atoms with Gasteiger partial charge in [0.25, 0.3) is 0 Å². The normalized spacial score (nSPS) is 13.0. The second-order valence-corrected chi connectivity index (χ2v) is 2.85. The molecule has 0 aliphatic carbocycles. The molecule has 0 amide bonds. The second-order valence-electron chi connectivity index (χ2n) is 2.85. The molecule has 0 radical (unpaired) electrons. The molecule has 78 valence electrons. The Kier molecular flexibility index (Phi) is 3.35. The first-order valence-electron chi connectivity index (χ1n) is 4.00. The van der Waals surface area contributed by atoms with E-state index in [1.165, 1.54) is 6.07 Å². The van der Waals surface area contributed by atoms with Gasteiger partial charge in [-0.1, -0.05) is 6.07 Å². The summed E-state index contributed by atoms with van der Waals surface area (Å²) >= 11 is 0. The van der Waals surface area contributed by atoms with E-state index in [0.717, 1.165) is 12.1 Å². The number of ether oxygens (including phenoxy) is 1. The molecule has 0 aliphatic heterocycles. The van der Waals surface area contributed by atoms with Gasteiger partial charge in [0.1, 0.15) is 11.6 Å². The second kappa shape index (κ2) is 4.32. The Morgan fingerprint density at radius 1 is 1.36 bits per heavy atom. The van der Waals surface area contributed by atoms with Crippen LogP contribution < -0.4 is 10.5 Å². The summed E-state index contributed by atoms with van der Waals surface area (Å²) in [7, 11) is 0. The van der Waals surface area contributed by atoms with E-state index in [4.69, 9.17) is 5.73 Å². The first-order valence-corrected chi connectivity index (χ1v) is 4.00. The van der Waals surface area contributed by atoms with Crippen molar-refractivity contribution in [2.45, 2.75) is 19.6 Å². The Bertz CT molecular complexity index is 315. The highest BCUT2D eigenvalue weighted by atomic mass is 19.3. The summed E-state index contributed by atoms with van der Waals surface area (Å²) < 4.78 is 40.6. The summed E-state index contributed by atoms with van der Waals surface area (Å²) in [5.41, 5.74) is 5.85. The lowest BCUT2D eigenvalue weighted by molar-refractivity contribution is -0.0507. The van der Waals surface area contributed by atoms with E-state index >= 15 is 0 Å². The Morgan fingerprint density at radius 2 is 2.00 bits per heavy atom. The minimum atomic E-state index is -2.98. The van der Waals surface area contributed by atoms with Crippen molar-refractivity contribution in [3.05, 3.63) is 29.6 Å². The highest BCUT2D eigenvalue weighted by Crippen LogP contribution is 2.26. The number of rotatable bonds is 3. The molecule has 0 aliphatic rings. The van der Waals surface area contributed by atoms with Crippen molar-refractivity contribution in [2.24, 2.45) is 5.73 Å². The van der Waals surface area contributed by atoms with Crippen molar-refractivity contribution in [1.29, 1.82) is 0 Å². The molecule has 1 rings (SSSR count). The Morgan fingerprint density at radius 3 is 2.50 bits per heavy atom. The molecule has 0 bridgehead atoms. The lowest BCUT2D eigenvalue weighted by Crippen LogP contribution is -2.10. The highest BCUT2D eigenvalue weighted by molar-refractivity contribution is 5.36. The summed E-state index contributed by atoms with van der Waals surface area (Å²) in [6.07, 6.45) is 0. The van der Waals surface area contributed by atoms with Crippen LogP contribution in [0.3, 0.4) is 0 Å². The Balaban J connectivity index is 3.03. The zero-order chi connectivity index (χ0) is 10.7. The molecular weight excluding hydrogens is 195 g/mol. The first kappa shape index (κ1) is 10.8. The van der Waals surface area contributed by atoms with E-state index in [-0.39, 0.29) is 5.75 Å². The van der Waals surface area contributed by atoms with Gasteiger partial charge in [0, 0.05) is 17.7 Å². The molecule has 1 aromatic rings. The quantitative estimate of drug-likeness (QED) is 0.822. The zero-order valence-corrected chi connectivity index (χ0v) is 7.51. The topological polar surface area (TPSA) is 35.2 Å². The number of alkyl halides is 2. The molecule has 14 heavy (non-hydrogen) atoms. The smallest absolute Gasteiger partial charge is 0.387 e. The van der Waals surface area contributed by atoms with E-state index in [2.05, 4.69) is 4.74 Å². The van der Waals surface area contributed by atoms with Crippen LogP contribution in [0.1, 0.15) is 18.5 Å². The number of hydrogen-bond donors (Lipinski definition) is 1. The van der Waals surface area contributed by atoms with Crippen LogP contribution in [0.15, 0.2) is 18.2 Å². The zero-order valence-electron chi connectivity index (χ0n) is 7.51. The van der Waals surface area contributed by atoms with Gasteiger partial charge in [0.15, 0.2) is 0 Å². The monoisotopic (exact) mass is 205 g/mol. The summed E-state index contributed by atoms with van der Waals surface area (Å²) in [6.45, 7) is -1.37. The first-order chi connectivity index (χ1) is 6.50. The van der Waals surface area contributed by atoms with Gasteiger partial charge in [-0.3, -0.25) is 0 Å². The predicted molar refractivity (Wildman–Crippen MR) is 45.6 cm³/mol. The van der Waals surface area contributed by atoms with Gasteiger partial charge in [0.05, 0.1) is 0 Å². The maximum Gasteiger partial charge on any atom is 0.387 e. The Hall–Kier alpha value is -1.23. The fourth-order valence-electron chi connectivity index (χ4n) is 1.08. The molecule has 2 nitrogen and oxygen atoms in total. The summed E-state index contributed by atoms with van der Waals surface area (Å²) in [6, 6.07) is 2.89. The average molecular weight is 205 g/mol. The molecule has 0 aromatic heterocycles. The fourth-order valence-corrected chi connectivity index (χ4v) is 1.08. The number of benzene rings is 1. The van der Waals surface area contributed by atoms with Gasteiger partial charge >= 0.3 is 6.61 Å². The highest BCUT2D eigenvalue weighted by Gasteiger charge is 2.13. The molecule has 5 heteroatoms. The van der Waals surface area contributed by atoms with Gasteiger partial charge in [-0.05, 0) is 13.0 Å². The maximum absolute atomic E-state index is 12.7. The van der Waals surface area contributed by atoms with Gasteiger partial charge in [-0.25, -0.2) is 4.39 Å². The number of halogens is 3. The van der Waals surface area contributed by atoms with Crippen molar-refractivity contribution < 1.29 is 17.9 Å². The Labute approximate surface area is 79.5 Å². The van der Waals surface area contributed by atoms with Gasteiger partial charge < -0.3 is 10.5 Å². The molecule has 1 unspecified atom stereocenters. The largest absolute Gasteiger partial charge is 0.434 e. The van der Waals surface area contributed by atoms with Crippen LogP contribution in [0.4, 0.5) is 13.2 Å². The van der Waals surface area contributed by atoms with E-state index in [1.54, 1.807) is 6.92 Å². The van der Waals surface area contributed by atoms with E-state index in [9.17, 15) is 13.2 Å². The predicted octanol–water partition coefficient (Wildman–Crippen LogP) is 2.45. The molecule has 2 N–H and O–H groups in total. The van der Waals surface area contributed by atoms with Gasteiger partial charge in [-0.15, -0.1) is 0 Å². The van der Waals surface area contributed by atoms with Crippen LogP contribution in [0.5, 0.6) is 5.75 Å². The summed E-state index contributed by atoms with van der Waals surface area (Å²) in [5, 5.41) is 0. The fraction of sp³-hybridized carbons (Fsp3) is 0.333. The van der Waals surface area contributed by atoms with Crippen LogP contribution >= 0.6 is 0 Å². The van der Waals surface area contributed by atoms with Crippen molar-refractivity contribution in [2.75, 3.05) is 0 Å². The third kappa shape index (κ3) is 2.63. The third-order valence-electron chi connectivity index (χ3n) is 1.68. The van der Waals surface area contributed by atoms with Gasteiger partial charge in [0.2, 0.25) is 0 Å². The lowest BCUT2D eigenvalue weighted by atomic mass is 10.1. The van der Waals surface area contributed by atoms with Crippen LogP contribution in [-0.2, 0) is 0 Å². The third-order valence-corrected chi connectivity index (χ3v) is 1.68. The standard InChI is InChI=1S/C9H10F3NO/c1-5(13)7-3-2-6(10)4-8(7)14-9(11)12/h2-5,9H,13H2,1H3. The molecule has 1 atom stereocenters. The lowest BCUT2D eigenvalue weighted by Gasteiger charge is -2.12.